The first kappa shape index (κ1) is 35.4. The molecule has 1 unspecified atom stereocenters. The van der Waals surface area contributed by atoms with Crippen LogP contribution >= 0.6 is 0 Å². The van der Waals surface area contributed by atoms with Crippen LogP contribution in [0.2, 0.25) is 0 Å². The van der Waals surface area contributed by atoms with E-state index >= 15 is 0 Å². The molecule has 1 amide bonds. The number of hydrogen-bond acceptors (Lipinski definition) is 8. The van der Waals surface area contributed by atoms with E-state index in [1.807, 2.05) is 22.9 Å². The van der Waals surface area contributed by atoms with Crippen molar-refractivity contribution < 1.29 is 46.2 Å². The summed E-state index contributed by atoms with van der Waals surface area (Å²) < 4.78 is 58.7. The predicted molar refractivity (Wildman–Crippen MR) is 160 cm³/mol. The summed E-state index contributed by atoms with van der Waals surface area (Å²) in [5.74, 6) is -3.94. The summed E-state index contributed by atoms with van der Waals surface area (Å²) in [6.07, 6.45) is -0.906. The standard InChI is InChI=1S/C26H29N7O5S.C2HF3O2/c27-39(37,38)33(18-19-7-2-1-3-8-19)23(26(35)36)17-30-25(34)20-10-11-22-21(15-20)16-31-32(22)14-6-13-29-24-9-4-5-12-28-24;3-2(4,5)1(6)7/h1-5,7-12,15-16,23H,6,13-14,17-18H2,(H,28,29)(H,30,34)(H,35,36)(H2,27,37,38);(H,6,7). The lowest BCUT2D eigenvalue weighted by Crippen LogP contribution is -2.52. The summed E-state index contributed by atoms with van der Waals surface area (Å²) in [7, 11) is -4.39. The largest absolute Gasteiger partial charge is 0.490 e. The Balaban J connectivity index is 0.000000738. The fourth-order valence-corrected chi connectivity index (χ4v) is 4.91. The summed E-state index contributed by atoms with van der Waals surface area (Å²) in [5, 5.41) is 33.1. The number of anilines is 1. The average Bonchev–Trinajstić information content (AvgIpc) is 3.41. The molecule has 1 atom stereocenters. The van der Waals surface area contributed by atoms with Gasteiger partial charge in [0.2, 0.25) is 0 Å². The quantitative estimate of drug-likeness (QED) is 0.132. The number of carbonyl (C=O) groups excluding carboxylic acids is 1. The molecule has 0 aliphatic carbocycles. The van der Waals surface area contributed by atoms with Crippen molar-refractivity contribution in [3.05, 3.63) is 90.3 Å². The zero-order valence-corrected chi connectivity index (χ0v) is 24.8. The zero-order chi connectivity index (χ0) is 33.9. The molecule has 2 aromatic heterocycles. The van der Waals surface area contributed by atoms with Crippen molar-refractivity contribution in [3.8, 4) is 0 Å². The first-order chi connectivity index (χ1) is 21.7. The molecule has 14 nitrogen and oxygen atoms in total. The second-order valence-corrected chi connectivity index (χ2v) is 11.1. The van der Waals surface area contributed by atoms with Crippen molar-refractivity contribution in [1.82, 2.24) is 24.4 Å². The Morgan fingerprint density at radius 2 is 1.70 bits per heavy atom. The normalized spacial score (nSPS) is 12.2. The van der Waals surface area contributed by atoms with Gasteiger partial charge < -0.3 is 20.8 Å². The molecule has 0 saturated heterocycles. The highest BCUT2D eigenvalue weighted by atomic mass is 32.2. The maximum absolute atomic E-state index is 12.9. The summed E-state index contributed by atoms with van der Waals surface area (Å²) >= 11 is 0. The van der Waals surface area contributed by atoms with Crippen LogP contribution in [0.5, 0.6) is 0 Å². The van der Waals surface area contributed by atoms with Gasteiger partial charge in [0, 0.05) is 43.3 Å². The van der Waals surface area contributed by atoms with Crippen molar-refractivity contribution in [1.29, 1.82) is 0 Å². The number of hydrogen-bond donors (Lipinski definition) is 5. The fraction of sp³-hybridized carbons (Fsp3) is 0.250. The molecular weight excluding hydrogens is 635 g/mol. The summed E-state index contributed by atoms with van der Waals surface area (Å²) in [6.45, 7) is 0.635. The molecule has 246 valence electrons. The summed E-state index contributed by atoms with van der Waals surface area (Å²) in [6, 6.07) is 17.5. The minimum Gasteiger partial charge on any atom is -0.480 e. The number of benzene rings is 2. The number of fused-ring (bicyclic) bond motifs is 1. The van der Waals surface area contributed by atoms with Gasteiger partial charge in [-0.05, 0) is 42.3 Å². The highest BCUT2D eigenvalue weighted by Crippen LogP contribution is 2.17. The number of carbonyl (C=O) groups is 3. The second-order valence-electron chi connectivity index (χ2n) is 9.58. The van der Waals surface area contributed by atoms with E-state index in [0.29, 0.717) is 23.0 Å². The van der Waals surface area contributed by atoms with Gasteiger partial charge in [-0.1, -0.05) is 36.4 Å². The minimum atomic E-state index is -5.08. The lowest BCUT2D eigenvalue weighted by Gasteiger charge is -2.26. The van der Waals surface area contributed by atoms with Gasteiger partial charge in [-0.3, -0.25) is 14.3 Å². The lowest BCUT2D eigenvalue weighted by atomic mass is 10.1. The van der Waals surface area contributed by atoms with Gasteiger partial charge in [0.15, 0.2) is 0 Å². The van der Waals surface area contributed by atoms with Gasteiger partial charge >= 0.3 is 18.1 Å². The Labute approximate surface area is 260 Å². The van der Waals surface area contributed by atoms with E-state index in [2.05, 4.69) is 20.7 Å². The highest BCUT2D eigenvalue weighted by Gasteiger charge is 2.38. The molecule has 4 aromatic rings. The Morgan fingerprint density at radius 1 is 1.02 bits per heavy atom. The highest BCUT2D eigenvalue weighted by molar-refractivity contribution is 7.86. The van der Waals surface area contributed by atoms with E-state index in [4.69, 9.17) is 15.0 Å². The fourth-order valence-electron chi connectivity index (χ4n) is 4.06. The van der Waals surface area contributed by atoms with E-state index < -0.39 is 46.8 Å². The number of halogens is 3. The average molecular weight is 666 g/mol. The molecular formula is C28H30F3N7O7S. The maximum atomic E-state index is 12.9. The smallest absolute Gasteiger partial charge is 0.480 e. The number of aryl methyl sites for hydroxylation is 1. The van der Waals surface area contributed by atoms with Crippen molar-refractivity contribution in [3.63, 3.8) is 0 Å². The van der Waals surface area contributed by atoms with E-state index in [9.17, 15) is 36.3 Å². The van der Waals surface area contributed by atoms with Crippen LogP contribution in [0.15, 0.2) is 79.1 Å². The number of aliphatic carboxylic acids is 2. The number of carboxylic acids is 2. The second kappa shape index (κ2) is 15.8. The van der Waals surface area contributed by atoms with Gasteiger partial charge in [-0.2, -0.15) is 31.0 Å². The van der Waals surface area contributed by atoms with E-state index in [1.165, 1.54) is 0 Å². The molecule has 46 heavy (non-hydrogen) atoms. The van der Waals surface area contributed by atoms with Crippen molar-refractivity contribution in [2.75, 3.05) is 18.4 Å². The number of nitrogens with one attached hydrogen (secondary N) is 2. The zero-order valence-electron chi connectivity index (χ0n) is 24.0. The number of amides is 1. The number of rotatable bonds is 13. The van der Waals surface area contributed by atoms with Gasteiger partial charge in [-0.25, -0.2) is 14.9 Å². The van der Waals surface area contributed by atoms with Crippen LogP contribution in [0, 0.1) is 0 Å². The number of nitrogens with two attached hydrogens (primary N) is 1. The molecule has 0 radical (unpaired) electrons. The molecule has 0 fully saturated rings. The van der Waals surface area contributed by atoms with Gasteiger partial charge in [0.05, 0.1) is 11.7 Å². The van der Waals surface area contributed by atoms with Gasteiger partial charge in [0.1, 0.15) is 11.9 Å². The number of pyridine rings is 1. The van der Waals surface area contributed by atoms with Crippen LogP contribution in [0.3, 0.4) is 0 Å². The van der Waals surface area contributed by atoms with Crippen molar-refractivity contribution >= 4 is 44.8 Å². The third kappa shape index (κ3) is 10.5. The predicted octanol–water partition coefficient (Wildman–Crippen LogP) is 2.46. The number of nitrogens with zero attached hydrogens (tertiary/aromatic N) is 4. The van der Waals surface area contributed by atoms with Crippen LogP contribution in [-0.4, -0.2) is 80.9 Å². The Morgan fingerprint density at radius 3 is 2.28 bits per heavy atom. The molecule has 4 rings (SSSR count). The number of aromatic nitrogens is 3. The van der Waals surface area contributed by atoms with Crippen LogP contribution < -0.4 is 15.8 Å². The first-order valence-electron chi connectivity index (χ1n) is 13.4. The van der Waals surface area contributed by atoms with Crippen LogP contribution in [0.4, 0.5) is 19.0 Å². The third-order valence-corrected chi connectivity index (χ3v) is 7.30. The molecule has 0 bridgehead atoms. The Hall–Kier alpha value is -5.07. The van der Waals surface area contributed by atoms with Crippen molar-refractivity contribution in [2.24, 2.45) is 5.14 Å². The topological polar surface area (TPSA) is 210 Å². The number of alkyl halides is 3. The SMILES string of the molecule is NS(=O)(=O)N(Cc1ccccc1)C(CNC(=O)c1ccc2c(cnn2CCCNc2ccccn2)c1)C(=O)O.O=C(O)C(F)(F)F. The van der Waals surface area contributed by atoms with Crippen LogP contribution in [-0.2, 0) is 32.9 Å². The molecule has 18 heteroatoms. The first-order valence-corrected chi connectivity index (χ1v) is 14.9. The summed E-state index contributed by atoms with van der Waals surface area (Å²) in [4.78, 5) is 37.9. The minimum absolute atomic E-state index is 0.255. The number of carboxylic acid groups (broad SMARTS) is 2. The van der Waals surface area contributed by atoms with Gasteiger partial charge in [-0.15, -0.1) is 0 Å². The van der Waals surface area contributed by atoms with E-state index in [-0.39, 0.29) is 12.1 Å². The monoisotopic (exact) mass is 665 g/mol. The van der Waals surface area contributed by atoms with Crippen LogP contribution in [0.1, 0.15) is 22.3 Å². The van der Waals surface area contributed by atoms with Crippen molar-refractivity contribution in [2.45, 2.75) is 31.7 Å². The third-order valence-electron chi connectivity index (χ3n) is 6.26. The van der Waals surface area contributed by atoms with E-state index in [0.717, 1.165) is 23.1 Å². The van der Waals surface area contributed by atoms with Crippen LogP contribution in [0.25, 0.3) is 10.9 Å². The Kier molecular flexibility index (Phi) is 12.1. The molecule has 0 aliphatic rings. The lowest BCUT2D eigenvalue weighted by molar-refractivity contribution is -0.192. The van der Waals surface area contributed by atoms with E-state index in [1.54, 1.807) is 60.9 Å². The molecule has 0 spiro atoms. The molecule has 0 saturated carbocycles. The Bertz CT molecular complexity index is 1740. The molecule has 2 aromatic carbocycles. The van der Waals surface area contributed by atoms with Gasteiger partial charge in [0.25, 0.3) is 16.1 Å². The molecule has 0 aliphatic heterocycles. The molecule has 2 heterocycles. The summed E-state index contributed by atoms with van der Waals surface area (Å²) in [5.41, 5.74) is 1.68. The maximum Gasteiger partial charge on any atom is 0.490 e. The molecule has 6 N–H and O–H groups in total.